The molecule has 6 nitrogen and oxygen atoms in total. The number of hydrogen-bond acceptors (Lipinski definition) is 4. The number of nitrogens with zero attached hydrogens (tertiary/aromatic N) is 1. The molecular formula is C13H17N3O3. The Kier molecular flexibility index (Phi) is 3.69. The molecule has 0 aromatic carbocycles. The van der Waals surface area contributed by atoms with Crippen LogP contribution in [0.2, 0.25) is 0 Å². The first-order valence-electron chi connectivity index (χ1n) is 6.25. The molecule has 19 heavy (non-hydrogen) atoms. The highest BCUT2D eigenvalue weighted by Gasteiger charge is 2.33. The Morgan fingerprint density at radius 1 is 1.47 bits per heavy atom. The van der Waals surface area contributed by atoms with Crippen molar-refractivity contribution in [2.45, 2.75) is 32.2 Å². The van der Waals surface area contributed by atoms with Crippen LogP contribution in [-0.4, -0.2) is 28.0 Å². The van der Waals surface area contributed by atoms with Crippen LogP contribution in [0.15, 0.2) is 12.3 Å². The van der Waals surface area contributed by atoms with Crippen molar-refractivity contribution in [3.63, 3.8) is 0 Å². The Bertz CT molecular complexity index is 516. The van der Waals surface area contributed by atoms with Crippen LogP contribution in [0.5, 0.6) is 0 Å². The number of carboxylic acids is 1. The number of primary amides is 1. The van der Waals surface area contributed by atoms with Gasteiger partial charge < -0.3 is 16.2 Å². The minimum absolute atomic E-state index is 0.204. The average Bonchev–Trinajstić information content (AvgIpc) is 2.76. The van der Waals surface area contributed by atoms with Gasteiger partial charge in [-0.1, -0.05) is 6.42 Å². The largest absolute Gasteiger partial charge is 0.481 e. The van der Waals surface area contributed by atoms with E-state index in [2.05, 4.69) is 10.3 Å². The molecule has 4 N–H and O–H groups in total. The number of nitrogens with two attached hydrogens (primary N) is 1. The number of rotatable bonds is 4. The highest BCUT2D eigenvalue weighted by Crippen LogP contribution is 2.29. The number of aliphatic carboxylic acids is 1. The molecule has 0 saturated heterocycles. The molecule has 102 valence electrons. The predicted molar refractivity (Wildman–Crippen MR) is 69.9 cm³/mol. The third kappa shape index (κ3) is 2.67. The Morgan fingerprint density at radius 3 is 2.84 bits per heavy atom. The zero-order valence-electron chi connectivity index (χ0n) is 10.7. The SMILES string of the molecule is Cc1ccnc(NC2CCCC2C(=O)O)c1C(N)=O. The molecule has 1 aliphatic rings. The molecule has 1 aromatic heterocycles. The number of nitrogens with one attached hydrogen (secondary N) is 1. The molecule has 0 bridgehead atoms. The summed E-state index contributed by atoms with van der Waals surface area (Å²) < 4.78 is 0. The van der Waals surface area contributed by atoms with Gasteiger partial charge in [-0.15, -0.1) is 0 Å². The summed E-state index contributed by atoms with van der Waals surface area (Å²) in [7, 11) is 0. The molecule has 0 aliphatic heterocycles. The van der Waals surface area contributed by atoms with Crippen molar-refractivity contribution in [1.29, 1.82) is 0 Å². The first-order chi connectivity index (χ1) is 9.00. The molecule has 1 fully saturated rings. The molecule has 0 radical (unpaired) electrons. The van der Waals surface area contributed by atoms with E-state index in [4.69, 9.17) is 10.8 Å². The fourth-order valence-corrected chi connectivity index (χ4v) is 2.58. The summed E-state index contributed by atoms with van der Waals surface area (Å²) in [4.78, 5) is 26.7. The number of aryl methyl sites for hydroxylation is 1. The Balaban J connectivity index is 2.26. The van der Waals surface area contributed by atoms with Crippen LogP contribution in [-0.2, 0) is 4.79 Å². The molecule has 1 aromatic rings. The first-order valence-corrected chi connectivity index (χ1v) is 6.25. The second-order valence-electron chi connectivity index (χ2n) is 4.84. The minimum Gasteiger partial charge on any atom is -0.481 e. The van der Waals surface area contributed by atoms with Crippen molar-refractivity contribution in [1.82, 2.24) is 4.98 Å². The minimum atomic E-state index is -0.816. The molecule has 2 unspecified atom stereocenters. The van der Waals surface area contributed by atoms with Crippen molar-refractivity contribution in [2.24, 2.45) is 11.7 Å². The molecule has 6 heteroatoms. The van der Waals surface area contributed by atoms with Crippen LogP contribution in [0.3, 0.4) is 0 Å². The van der Waals surface area contributed by atoms with Crippen molar-refractivity contribution in [3.05, 3.63) is 23.4 Å². The lowest BCUT2D eigenvalue weighted by Crippen LogP contribution is -2.31. The van der Waals surface area contributed by atoms with E-state index in [1.807, 2.05) is 0 Å². The summed E-state index contributed by atoms with van der Waals surface area (Å²) in [6, 6.07) is 1.50. The smallest absolute Gasteiger partial charge is 0.308 e. The first kappa shape index (κ1) is 13.3. The van der Waals surface area contributed by atoms with E-state index >= 15 is 0 Å². The topological polar surface area (TPSA) is 105 Å². The molecule has 1 heterocycles. The summed E-state index contributed by atoms with van der Waals surface area (Å²) in [6.45, 7) is 1.77. The highest BCUT2D eigenvalue weighted by atomic mass is 16.4. The van der Waals surface area contributed by atoms with Gasteiger partial charge in [-0.2, -0.15) is 0 Å². The van der Waals surface area contributed by atoms with Crippen LogP contribution in [0, 0.1) is 12.8 Å². The molecule has 1 saturated carbocycles. The van der Waals surface area contributed by atoms with Gasteiger partial charge in [0.1, 0.15) is 5.82 Å². The summed E-state index contributed by atoms with van der Waals surface area (Å²) in [5.74, 6) is -1.44. The number of anilines is 1. The fourth-order valence-electron chi connectivity index (χ4n) is 2.58. The van der Waals surface area contributed by atoms with Gasteiger partial charge in [-0.3, -0.25) is 9.59 Å². The Morgan fingerprint density at radius 2 is 2.21 bits per heavy atom. The normalized spacial score (nSPS) is 22.2. The third-order valence-corrected chi connectivity index (χ3v) is 3.56. The number of aromatic nitrogens is 1. The van der Waals surface area contributed by atoms with Crippen LogP contribution in [0.4, 0.5) is 5.82 Å². The molecule has 1 aliphatic carbocycles. The molecular weight excluding hydrogens is 246 g/mol. The maximum atomic E-state index is 11.5. The zero-order valence-corrected chi connectivity index (χ0v) is 10.7. The van der Waals surface area contributed by atoms with Gasteiger partial charge in [-0.25, -0.2) is 4.98 Å². The molecule has 1 amide bonds. The monoisotopic (exact) mass is 263 g/mol. The molecule has 0 spiro atoms. The maximum absolute atomic E-state index is 11.5. The van der Waals surface area contributed by atoms with Crippen LogP contribution in [0.1, 0.15) is 35.2 Å². The number of amides is 1. The fraction of sp³-hybridized carbons (Fsp3) is 0.462. The van der Waals surface area contributed by atoms with Crippen molar-refractivity contribution in [3.8, 4) is 0 Å². The van der Waals surface area contributed by atoms with Crippen molar-refractivity contribution >= 4 is 17.7 Å². The molecule has 2 rings (SSSR count). The van der Waals surface area contributed by atoms with E-state index in [9.17, 15) is 9.59 Å². The predicted octanol–water partition coefficient (Wildman–Crippen LogP) is 1.15. The highest BCUT2D eigenvalue weighted by molar-refractivity contribution is 5.99. The molecule has 2 atom stereocenters. The van der Waals surface area contributed by atoms with Gasteiger partial charge in [-0.05, 0) is 31.4 Å². The van der Waals surface area contributed by atoms with Gasteiger partial charge in [0, 0.05) is 12.2 Å². The van der Waals surface area contributed by atoms with E-state index in [1.54, 1.807) is 19.2 Å². The number of pyridine rings is 1. The summed E-state index contributed by atoms with van der Waals surface area (Å²) in [5, 5.41) is 12.2. The number of carboxylic acid groups (broad SMARTS) is 1. The summed E-state index contributed by atoms with van der Waals surface area (Å²) in [6.07, 6.45) is 3.83. The van der Waals surface area contributed by atoms with Crippen molar-refractivity contribution < 1.29 is 14.7 Å². The van der Waals surface area contributed by atoms with Gasteiger partial charge >= 0.3 is 5.97 Å². The van der Waals surface area contributed by atoms with Crippen LogP contribution >= 0.6 is 0 Å². The number of carbonyl (C=O) groups is 2. The number of carbonyl (C=O) groups excluding carboxylic acids is 1. The average molecular weight is 263 g/mol. The maximum Gasteiger partial charge on any atom is 0.308 e. The Labute approximate surface area is 111 Å². The van der Waals surface area contributed by atoms with Crippen molar-refractivity contribution in [2.75, 3.05) is 5.32 Å². The Hall–Kier alpha value is -2.11. The van der Waals surface area contributed by atoms with E-state index < -0.39 is 17.8 Å². The van der Waals surface area contributed by atoms with Gasteiger partial charge in [0.05, 0.1) is 11.5 Å². The van der Waals surface area contributed by atoms with E-state index in [-0.39, 0.29) is 6.04 Å². The van der Waals surface area contributed by atoms with Gasteiger partial charge in [0.2, 0.25) is 0 Å². The lowest BCUT2D eigenvalue weighted by molar-refractivity contribution is -0.141. The van der Waals surface area contributed by atoms with Crippen LogP contribution in [0.25, 0.3) is 0 Å². The lowest BCUT2D eigenvalue weighted by Gasteiger charge is -2.20. The second-order valence-corrected chi connectivity index (χ2v) is 4.84. The van der Waals surface area contributed by atoms with E-state index in [0.29, 0.717) is 17.8 Å². The van der Waals surface area contributed by atoms with E-state index in [1.165, 1.54) is 0 Å². The van der Waals surface area contributed by atoms with Gasteiger partial charge in [0.25, 0.3) is 5.91 Å². The second kappa shape index (κ2) is 5.26. The quantitative estimate of drug-likeness (QED) is 0.755. The number of hydrogen-bond donors (Lipinski definition) is 3. The lowest BCUT2D eigenvalue weighted by atomic mass is 10.0. The van der Waals surface area contributed by atoms with Crippen LogP contribution < -0.4 is 11.1 Å². The van der Waals surface area contributed by atoms with E-state index in [0.717, 1.165) is 18.4 Å². The summed E-state index contributed by atoms with van der Waals surface area (Å²) >= 11 is 0. The third-order valence-electron chi connectivity index (χ3n) is 3.56. The zero-order chi connectivity index (χ0) is 14.0. The standard InChI is InChI=1S/C13H17N3O3/c1-7-5-6-15-12(10(7)11(14)17)16-9-4-2-3-8(9)13(18)19/h5-6,8-9H,2-4H2,1H3,(H2,14,17)(H,15,16)(H,18,19). The summed E-state index contributed by atoms with van der Waals surface area (Å²) in [5.41, 5.74) is 6.41. The van der Waals surface area contributed by atoms with Gasteiger partial charge in [0.15, 0.2) is 0 Å².